The smallest absolute Gasteiger partial charge is 0.119 e. The molecule has 0 amide bonds. The molecule has 1 aromatic carbocycles. The fourth-order valence-corrected chi connectivity index (χ4v) is 2.74. The first-order chi connectivity index (χ1) is 8.26. The van der Waals surface area contributed by atoms with E-state index in [2.05, 4.69) is 37.4 Å². The molecule has 0 aliphatic heterocycles. The molecule has 0 heterocycles. The van der Waals surface area contributed by atoms with E-state index in [9.17, 15) is 0 Å². The van der Waals surface area contributed by atoms with E-state index in [0.29, 0.717) is 12.0 Å². The molecule has 18 heavy (non-hydrogen) atoms. The van der Waals surface area contributed by atoms with Crippen LogP contribution >= 0.6 is 12.4 Å². The van der Waals surface area contributed by atoms with Crippen molar-refractivity contribution in [3.05, 3.63) is 29.3 Å². The molecule has 2 nitrogen and oxygen atoms in total. The molecule has 2 atom stereocenters. The summed E-state index contributed by atoms with van der Waals surface area (Å²) in [6.07, 6.45) is 3.64. The van der Waals surface area contributed by atoms with Gasteiger partial charge in [-0.2, -0.15) is 0 Å². The van der Waals surface area contributed by atoms with Gasteiger partial charge < -0.3 is 10.1 Å². The summed E-state index contributed by atoms with van der Waals surface area (Å²) in [6, 6.07) is 7.13. The first kappa shape index (κ1) is 15.3. The van der Waals surface area contributed by atoms with E-state index in [1.54, 1.807) is 7.11 Å². The van der Waals surface area contributed by atoms with Crippen LogP contribution in [0.5, 0.6) is 5.75 Å². The molecule has 102 valence electrons. The highest BCUT2D eigenvalue weighted by molar-refractivity contribution is 5.85. The van der Waals surface area contributed by atoms with Gasteiger partial charge in [-0.25, -0.2) is 0 Å². The molecule has 0 saturated heterocycles. The fraction of sp³-hybridized carbons (Fsp3) is 0.600. The second-order valence-corrected chi connectivity index (χ2v) is 4.95. The van der Waals surface area contributed by atoms with E-state index in [4.69, 9.17) is 4.74 Å². The van der Waals surface area contributed by atoms with Gasteiger partial charge in [0.25, 0.3) is 0 Å². The summed E-state index contributed by atoms with van der Waals surface area (Å²) >= 11 is 0. The summed E-state index contributed by atoms with van der Waals surface area (Å²) in [5.41, 5.74) is 2.96. The number of hydrogen-bond acceptors (Lipinski definition) is 2. The van der Waals surface area contributed by atoms with Crippen molar-refractivity contribution in [2.24, 2.45) is 0 Å². The van der Waals surface area contributed by atoms with Crippen molar-refractivity contribution in [3.63, 3.8) is 0 Å². The van der Waals surface area contributed by atoms with Crippen molar-refractivity contribution in [1.29, 1.82) is 0 Å². The number of benzene rings is 1. The minimum Gasteiger partial charge on any atom is -0.497 e. The molecular formula is C15H24ClNO. The van der Waals surface area contributed by atoms with E-state index in [0.717, 1.165) is 12.3 Å². The zero-order valence-corrected chi connectivity index (χ0v) is 12.3. The Kier molecular flexibility index (Phi) is 5.97. The van der Waals surface area contributed by atoms with Gasteiger partial charge in [-0.15, -0.1) is 12.4 Å². The van der Waals surface area contributed by atoms with E-state index < -0.39 is 0 Å². The molecule has 2 rings (SSSR count). The number of nitrogens with one attached hydrogen (secondary N) is 1. The molecule has 0 saturated carbocycles. The summed E-state index contributed by atoms with van der Waals surface area (Å²) in [4.78, 5) is 0. The zero-order chi connectivity index (χ0) is 12.3. The highest BCUT2D eigenvalue weighted by Crippen LogP contribution is 2.33. The highest BCUT2D eigenvalue weighted by atomic mass is 35.5. The van der Waals surface area contributed by atoms with E-state index in [1.165, 1.54) is 30.4 Å². The normalized spacial score (nSPS) is 21.9. The van der Waals surface area contributed by atoms with E-state index in [-0.39, 0.29) is 12.4 Å². The average Bonchev–Trinajstić information content (AvgIpc) is 2.38. The minimum atomic E-state index is 0. The highest BCUT2D eigenvalue weighted by Gasteiger charge is 2.25. The molecule has 0 aromatic heterocycles. The van der Waals surface area contributed by atoms with Gasteiger partial charge in [-0.3, -0.25) is 0 Å². The van der Waals surface area contributed by atoms with Crippen molar-refractivity contribution >= 4 is 12.4 Å². The van der Waals surface area contributed by atoms with Crippen molar-refractivity contribution in [2.45, 2.75) is 45.1 Å². The summed E-state index contributed by atoms with van der Waals surface area (Å²) in [7, 11) is 1.74. The first-order valence-corrected chi connectivity index (χ1v) is 6.66. The topological polar surface area (TPSA) is 21.3 Å². The Bertz CT molecular complexity index is 381. The predicted molar refractivity (Wildman–Crippen MR) is 79.1 cm³/mol. The molecule has 0 radical (unpaired) electrons. The molecule has 1 aliphatic carbocycles. The molecule has 0 fully saturated rings. The number of aryl methyl sites for hydroxylation is 1. The van der Waals surface area contributed by atoms with Crippen LogP contribution in [0.3, 0.4) is 0 Å². The Labute approximate surface area is 117 Å². The van der Waals surface area contributed by atoms with Crippen LogP contribution in [0, 0.1) is 0 Å². The lowest BCUT2D eigenvalue weighted by Gasteiger charge is -2.32. The zero-order valence-electron chi connectivity index (χ0n) is 11.5. The van der Waals surface area contributed by atoms with Gasteiger partial charge in [0.15, 0.2) is 0 Å². The van der Waals surface area contributed by atoms with Crippen molar-refractivity contribution in [3.8, 4) is 5.75 Å². The van der Waals surface area contributed by atoms with Crippen LogP contribution in [0.15, 0.2) is 18.2 Å². The molecule has 0 unspecified atom stereocenters. The number of rotatable bonds is 4. The van der Waals surface area contributed by atoms with Crippen LogP contribution in [-0.4, -0.2) is 19.7 Å². The Morgan fingerprint density at radius 2 is 2.17 bits per heavy atom. The Hall–Kier alpha value is -0.730. The molecule has 1 N–H and O–H groups in total. The molecule has 1 aromatic rings. The average molecular weight is 270 g/mol. The monoisotopic (exact) mass is 269 g/mol. The van der Waals surface area contributed by atoms with Crippen LogP contribution in [0.4, 0.5) is 0 Å². The van der Waals surface area contributed by atoms with E-state index in [1.807, 2.05) is 0 Å². The van der Waals surface area contributed by atoms with Crippen LogP contribution in [0.25, 0.3) is 0 Å². The third-order valence-corrected chi connectivity index (χ3v) is 3.83. The van der Waals surface area contributed by atoms with Crippen molar-refractivity contribution < 1.29 is 4.74 Å². The van der Waals surface area contributed by atoms with Crippen molar-refractivity contribution in [1.82, 2.24) is 5.32 Å². The fourth-order valence-electron chi connectivity index (χ4n) is 2.74. The second kappa shape index (κ2) is 7.01. The van der Waals surface area contributed by atoms with E-state index >= 15 is 0 Å². The molecule has 0 bridgehead atoms. The third-order valence-electron chi connectivity index (χ3n) is 3.83. The third kappa shape index (κ3) is 3.18. The molecule has 1 aliphatic rings. The summed E-state index contributed by atoms with van der Waals surface area (Å²) in [5.74, 6) is 1.56. The van der Waals surface area contributed by atoms with Crippen LogP contribution < -0.4 is 10.1 Å². The van der Waals surface area contributed by atoms with Gasteiger partial charge in [0.2, 0.25) is 0 Å². The lowest BCUT2D eigenvalue weighted by molar-refractivity contribution is 0.394. The lowest BCUT2D eigenvalue weighted by atomic mass is 9.80. The predicted octanol–water partition coefficient (Wildman–Crippen LogP) is 3.53. The number of ether oxygens (including phenoxy) is 1. The number of hydrogen-bond donors (Lipinski definition) is 1. The van der Waals surface area contributed by atoms with Gasteiger partial charge in [-0.1, -0.05) is 19.9 Å². The van der Waals surface area contributed by atoms with Crippen molar-refractivity contribution in [2.75, 3.05) is 13.7 Å². The maximum Gasteiger partial charge on any atom is 0.119 e. The Morgan fingerprint density at radius 1 is 1.39 bits per heavy atom. The number of fused-ring (bicyclic) bond motifs is 1. The summed E-state index contributed by atoms with van der Waals surface area (Å²) < 4.78 is 5.32. The van der Waals surface area contributed by atoms with Gasteiger partial charge in [-0.05, 0) is 55.0 Å². The largest absolute Gasteiger partial charge is 0.497 e. The summed E-state index contributed by atoms with van der Waals surface area (Å²) in [5, 5.41) is 3.66. The van der Waals surface area contributed by atoms with Crippen LogP contribution in [0.2, 0.25) is 0 Å². The lowest BCUT2D eigenvalue weighted by Crippen LogP contribution is -2.37. The van der Waals surface area contributed by atoms with Gasteiger partial charge in [0, 0.05) is 6.04 Å². The van der Waals surface area contributed by atoms with Crippen LogP contribution in [-0.2, 0) is 6.42 Å². The Morgan fingerprint density at radius 3 is 2.83 bits per heavy atom. The standard InChI is InChI=1S/C15H23NO.ClH/c1-4-9-16-15-8-6-12-5-7-13(17-3)10-14(12)11(15)2;/h5,7,10-11,15-16H,4,6,8-9H2,1-3H3;1H/t11-,15+;/m1./s1. The quantitative estimate of drug-likeness (QED) is 0.903. The second-order valence-electron chi connectivity index (χ2n) is 4.95. The Balaban J connectivity index is 0.00000162. The molecular weight excluding hydrogens is 246 g/mol. The van der Waals surface area contributed by atoms with Gasteiger partial charge in [0.05, 0.1) is 7.11 Å². The van der Waals surface area contributed by atoms with Crippen LogP contribution in [0.1, 0.15) is 43.7 Å². The molecule has 3 heteroatoms. The maximum atomic E-state index is 5.32. The number of halogens is 1. The van der Waals surface area contributed by atoms with Gasteiger partial charge in [0.1, 0.15) is 5.75 Å². The number of methoxy groups -OCH3 is 1. The van der Waals surface area contributed by atoms with Gasteiger partial charge >= 0.3 is 0 Å². The summed E-state index contributed by atoms with van der Waals surface area (Å²) in [6.45, 7) is 5.66. The first-order valence-electron chi connectivity index (χ1n) is 6.66. The molecule has 0 spiro atoms. The minimum absolute atomic E-state index is 0. The SMILES string of the molecule is CCCN[C@H]1CCc2ccc(OC)cc2[C@H]1C.Cl. The maximum absolute atomic E-state index is 5.32.